The first-order chi connectivity index (χ1) is 7.71. The molecule has 0 amide bonds. The van der Waals surface area contributed by atoms with E-state index in [1.54, 1.807) is 6.92 Å². The topological polar surface area (TPSA) is 35.5 Å². The Morgan fingerprint density at radius 1 is 1.38 bits per heavy atom. The normalized spacial score (nSPS) is 32.6. The van der Waals surface area contributed by atoms with E-state index in [2.05, 4.69) is 6.07 Å². The van der Waals surface area contributed by atoms with E-state index in [9.17, 15) is 4.79 Å². The molecule has 1 heterocycles. The number of ether oxygens (including phenoxy) is 2. The summed E-state index contributed by atoms with van der Waals surface area (Å²) in [6.07, 6.45) is 2.34. The van der Waals surface area contributed by atoms with E-state index < -0.39 is 11.9 Å². The van der Waals surface area contributed by atoms with Crippen LogP contribution in [0, 0.1) is 0 Å². The van der Waals surface area contributed by atoms with Gasteiger partial charge >= 0.3 is 5.97 Å². The van der Waals surface area contributed by atoms with Crippen LogP contribution in [0.1, 0.15) is 30.9 Å². The highest BCUT2D eigenvalue weighted by atomic mass is 16.8. The Labute approximate surface area is 94.4 Å². The molecule has 84 valence electrons. The molecule has 3 rings (SSSR count). The molecule has 0 radical (unpaired) electrons. The van der Waals surface area contributed by atoms with Crippen molar-refractivity contribution in [2.24, 2.45) is 0 Å². The number of aryl methyl sites for hydroxylation is 1. The Morgan fingerprint density at radius 2 is 2.19 bits per heavy atom. The van der Waals surface area contributed by atoms with Crippen LogP contribution in [0.3, 0.4) is 0 Å². The minimum Gasteiger partial charge on any atom is -0.427 e. The molecular weight excluding hydrogens is 204 g/mol. The molecule has 2 aliphatic rings. The van der Waals surface area contributed by atoms with E-state index in [1.807, 2.05) is 18.2 Å². The van der Waals surface area contributed by atoms with Gasteiger partial charge in [0, 0.05) is 12.0 Å². The van der Waals surface area contributed by atoms with Crippen LogP contribution in [0.15, 0.2) is 24.3 Å². The molecule has 3 nitrogen and oxygen atoms in total. The molecule has 1 aliphatic heterocycles. The number of fused-ring (bicyclic) bond motifs is 2. The molecule has 0 N–H and O–H groups in total. The molecular formula is C13H14O3. The van der Waals surface area contributed by atoms with Crippen molar-refractivity contribution in [1.82, 2.24) is 0 Å². The highest BCUT2D eigenvalue weighted by Crippen LogP contribution is 2.43. The number of benzene rings is 1. The van der Waals surface area contributed by atoms with Gasteiger partial charge in [-0.25, -0.2) is 4.79 Å². The minimum absolute atomic E-state index is 0.253. The maximum atomic E-state index is 11.5. The summed E-state index contributed by atoms with van der Waals surface area (Å²) in [5, 5.41) is 0. The smallest absolute Gasteiger partial charge is 0.337 e. The van der Waals surface area contributed by atoms with Crippen LogP contribution in [-0.2, 0) is 26.5 Å². The molecule has 1 spiro atoms. The second kappa shape index (κ2) is 3.32. The van der Waals surface area contributed by atoms with Gasteiger partial charge < -0.3 is 9.47 Å². The summed E-state index contributed by atoms with van der Waals surface area (Å²) in [4.78, 5) is 11.5. The van der Waals surface area contributed by atoms with Crippen molar-refractivity contribution < 1.29 is 14.3 Å². The summed E-state index contributed by atoms with van der Waals surface area (Å²) in [5.74, 6) is -1.05. The average molecular weight is 218 g/mol. The van der Waals surface area contributed by atoms with Gasteiger partial charge in [0.2, 0.25) is 5.79 Å². The van der Waals surface area contributed by atoms with E-state index in [0.717, 1.165) is 24.8 Å². The number of carbonyl (C=O) groups excluding carboxylic acids is 1. The van der Waals surface area contributed by atoms with E-state index in [-0.39, 0.29) is 5.97 Å². The maximum Gasteiger partial charge on any atom is 0.337 e. The first kappa shape index (κ1) is 9.85. The molecule has 16 heavy (non-hydrogen) atoms. The Kier molecular flexibility index (Phi) is 2.04. The first-order valence-electron chi connectivity index (χ1n) is 5.70. The zero-order valence-electron chi connectivity index (χ0n) is 9.23. The van der Waals surface area contributed by atoms with Crippen LogP contribution in [-0.4, -0.2) is 12.1 Å². The van der Waals surface area contributed by atoms with Crippen LogP contribution in [0.4, 0.5) is 0 Å². The minimum atomic E-state index is -0.800. The molecule has 1 saturated heterocycles. The zero-order chi connectivity index (χ0) is 11.2. The molecule has 1 aromatic carbocycles. The van der Waals surface area contributed by atoms with Crippen molar-refractivity contribution in [3.05, 3.63) is 35.4 Å². The van der Waals surface area contributed by atoms with Crippen molar-refractivity contribution in [2.45, 2.75) is 38.1 Å². The zero-order valence-corrected chi connectivity index (χ0v) is 9.23. The molecule has 0 saturated carbocycles. The molecule has 2 atom stereocenters. The van der Waals surface area contributed by atoms with Crippen molar-refractivity contribution in [3.63, 3.8) is 0 Å². The van der Waals surface area contributed by atoms with Crippen LogP contribution < -0.4 is 0 Å². The molecule has 0 bridgehead atoms. The standard InChI is InChI=1S/C13H14O3/c1-9-12(14)16-13(15-9)8-4-6-10-5-2-3-7-11(10)13/h2-3,5,7,9H,4,6,8H2,1H3/t9-,13-/m0/s1. The summed E-state index contributed by atoms with van der Waals surface area (Å²) in [5.41, 5.74) is 2.26. The second-order valence-corrected chi connectivity index (χ2v) is 4.44. The van der Waals surface area contributed by atoms with E-state index >= 15 is 0 Å². The third-order valence-electron chi connectivity index (χ3n) is 3.34. The monoisotopic (exact) mass is 218 g/mol. The van der Waals surface area contributed by atoms with Crippen molar-refractivity contribution in [2.75, 3.05) is 0 Å². The second-order valence-electron chi connectivity index (χ2n) is 4.44. The summed E-state index contributed by atoms with van der Waals surface area (Å²) in [7, 11) is 0. The lowest BCUT2D eigenvalue weighted by Crippen LogP contribution is -2.32. The lowest BCUT2D eigenvalue weighted by atomic mass is 9.86. The Morgan fingerprint density at radius 3 is 2.94 bits per heavy atom. The lowest BCUT2D eigenvalue weighted by Gasteiger charge is -2.32. The third kappa shape index (κ3) is 1.28. The Hall–Kier alpha value is -1.35. The highest BCUT2D eigenvalue weighted by Gasteiger charge is 2.49. The number of hydrogen-bond donors (Lipinski definition) is 0. The van der Waals surface area contributed by atoms with Crippen molar-refractivity contribution in [3.8, 4) is 0 Å². The molecule has 0 aromatic heterocycles. The van der Waals surface area contributed by atoms with Crippen LogP contribution in [0.25, 0.3) is 0 Å². The van der Waals surface area contributed by atoms with Gasteiger partial charge in [-0.1, -0.05) is 24.3 Å². The van der Waals surface area contributed by atoms with E-state index in [1.165, 1.54) is 5.56 Å². The number of esters is 1. The van der Waals surface area contributed by atoms with Gasteiger partial charge in [-0.2, -0.15) is 0 Å². The molecule has 0 unspecified atom stereocenters. The summed E-state index contributed by atoms with van der Waals surface area (Å²) in [6, 6.07) is 8.06. The largest absolute Gasteiger partial charge is 0.427 e. The fraction of sp³-hybridized carbons (Fsp3) is 0.462. The molecule has 1 aliphatic carbocycles. The van der Waals surface area contributed by atoms with Crippen LogP contribution in [0.5, 0.6) is 0 Å². The van der Waals surface area contributed by atoms with Crippen LogP contribution in [0.2, 0.25) is 0 Å². The van der Waals surface area contributed by atoms with Gasteiger partial charge in [0.1, 0.15) is 0 Å². The van der Waals surface area contributed by atoms with Gasteiger partial charge in [0.15, 0.2) is 6.10 Å². The van der Waals surface area contributed by atoms with Gasteiger partial charge in [-0.15, -0.1) is 0 Å². The lowest BCUT2D eigenvalue weighted by molar-refractivity contribution is -0.190. The van der Waals surface area contributed by atoms with Crippen molar-refractivity contribution >= 4 is 5.97 Å². The predicted octanol–water partition coefficient (Wildman–Crippen LogP) is 2.14. The van der Waals surface area contributed by atoms with Gasteiger partial charge in [-0.3, -0.25) is 0 Å². The van der Waals surface area contributed by atoms with Crippen molar-refractivity contribution in [1.29, 1.82) is 0 Å². The maximum absolute atomic E-state index is 11.5. The first-order valence-corrected chi connectivity index (χ1v) is 5.70. The highest BCUT2D eigenvalue weighted by molar-refractivity contribution is 5.76. The summed E-state index contributed by atoms with van der Waals surface area (Å²) < 4.78 is 11.2. The Balaban J connectivity index is 2.08. The van der Waals surface area contributed by atoms with Gasteiger partial charge in [0.25, 0.3) is 0 Å². The predicted molar refractivity (Wildman–Crippen MR) is 57.7 cm³/mol. The van der Waals surface area contributed by atoms with Gasteiger partial charge in [0.05, 0.1) is 0 Å². The van der Waals surface area contributed by atoms with Crippen LogP contribution >= 0.6 is 0 Å². The third-order valence-corrected chi connectivity index (χ3v) is 3.34. The molecule has 1 fully saturated rings. The van der Waals surface area contributed by atoms with Gasteiger partial charge in [-0.05, 0) is 25.3 Å². The molecule has 3 heteroatoms. The number of carbonyl (C=O) groups is 1. The Bertz CT molecular complexity index is 441. The number of hydrogen-bond acceptors (Lipinski definition) is 3. The summed E-state index contributed by atoms with van der Waals surface area (Å²) >= 11 is 0. The summed E-state index contributed by atoms with van der Waals surface area (Å²) in [6.45, 7) is 1.74. The average Bonchev–Trinajstić information content (AvgIpc) is 2.56. The fourth-order valence-corrected chi connectivity index (χ4v) is 2.59. The van der Waals surface area contributed by atoms with E-state index in [4.69, 9.17) is 9.47 Å². The SMILES string of the molecule is C[C@@H]1O[C@@]2(CCCc3ccccc32)OC1=O. The quantitative estimate of drug-likeness (QED) is 0.626. The molecule has 1 aromatic rings. The number of rotatable bonds is 0. The van der Waals surface area contributed by atoms with E-state index in [0.29, 0.717) is 0 Å². The fourth-order valence-electron chi connectivity index (χ4n) is 2.59.